The average molecular weight is 326 g/mol. The van der Waals surface area contributed by atoms with Crippen molar-refractivity contribution in [1.82, 2.24) is 10.2 Å². The molecule has 0 spiro atoms. The van der Waals surface area contributed by atoms with E-state index in [1.165, 1.54) is 6.07 Å². The van der Waals surface area contributed by atoms with E-state index in [0.717, 1.165) is 37.8 Å². The van der Waals surface area contributed by atoms with Crippen LogP contribution in [0.15, 0.2) is 18.2 Å². The minimum absolute atomic E-state index is 0.0864. The van der Waals surface area contributed by atoms with Gasteiger partial charge in [-0.1, -0.05) is 12.8 Å². The van der Waals surface area contributed by atoms with Crippen molar-refractivity contribution in [2.75, 3.05) is 26.8 Å². The number of methoxy groups -OCH3 is 1. The number of ether oxygens (including phenoxy) is 1. The van der Waals surface area contributed by atoms with Crippen molar-refractivity contribution >= 4 is 5.91 Å². The van der Waals surface area contributed by atoms with Crippen molar-refractivity contribution in [3.63, 3.8) is 0 Å². The summed E-state index contributed by atoms with van der Waals surface area (Å²) in [5.41, 5.74) is 0.224. The Morgan fingerprint density at radius 1 is 1.35 bits per heavy atom. The average Bonchev–Trinajstić information content (AvgIpc) is 3.06. The first-order valence-electron chi connectivity index (χ1n) is 8.05. The summed E-state index contributed by atoms with van der Waals surface area (Å²) in [5.74, 6) is -1.05. The van der Waals surface area contributed by atoms with E-state index in [1.54, 1.807) is 12.0 Å². The number of nitrogens with zero attached hydrogens (tertiary/aromatic N) is 1. The second-order valence-electron chi connectivity index (χ2n) is 5.87. The maximum absolute atomic E-state index is 13.9. The number of nitrogens with one attached hydrogen (secondary N) is 1. The number of carbonyl (C=O) groups excluding carboxylic acids is 1. The summed E-state index contributed by atoms with van der Waals surface area (Å²) in [6.07, 6.45) is 3.97. The first-order chi connectivity index (χ1) is 11.1. The summed E-state index contributed by atoms with van der Waals surface area (Å²) in [7, 11) is 1.60. The van der Waals surface area contributed by atoms with Gasteiger partial charge in [-0.25, -0.2) is 8.78 Å². The molecule has 1 amide bonds. The standard InChI is InChI=1S/C17H24F2N2O2/c1-23-9-8-20-11-17(22)21(15-4-2-3-5-15)12-13-10-14(18)6-7-16(13)19/h6-7,10,15,20H,2-5,8-9,11-12H2,1H3. The van der Waals surface area contributed by atoms with Gasteiger partial charge in [0.05, 0.1) is 13.2 Å². The molecule has 1 fully saturated rings. The molecule has 0 bridgehead atoms. The van der Waals surface area contributed by atoms with Crippen LogP contribution in [-0.4, -0.2) is 43.7 Å². The lowest BCUT2D eigenvalue weighted by Gasteiger charge is -2.29. The largest absolute Gasteiger partial charge is 0.383 e. The molecule has 1 aromatic carbocycles. The topological polar surface area (TPSA) is 41.6 Å². The Bertz CT molecular complexity index is 519. The summed E-state index contributed by atoms with van der Waals surface area (Å²) in [4.78, 5) is 14.2. The van der Waals surface area contributed by atoms with Crippen molar-refractivity contribution < 1.29 is 18.3 Å². The normalized spacial score (nSPS) is 15.1. The molecule has 23 heavy (non-hydrogen) atoms. The summed E-state index contributed by atoms with van der Waals surface area (Å²) >= 11 is 0. The Morgan fingerprint density at radius 3 is 2.78 bits per heavy atom. The van der Waals surface area contributed by atoms with Crippen LogP contribution in [0.25, 0.3) is 0 Å². The van der Waals surface area contributed by atoms with E-state index in [-0.39, 0.29) is 30.6 Å². The lowest BCUT2D eigenvalue weighted by Crippen LogP contribution is -2.43. The zero-order valence-corrected chi connectivity index (χ0v) is 13.5. The van der Waals surface area contributed by atoms with Crippen LogP contribution < -0.4 is 5.32 Å². The number of benzene rings is 1. The van der Waals surface area contributed by atoms with Crippen LogP contribution in [0.3, 0.4) is 0 Å². The minimum Gasteiger partial charge on any atom is -0.383 e. The molecule has 4 nitrogen and oxygen atoms in total. The monoisotopic (exact) mass is 326 g/mol. The molecule has 128 valence electrons. The molecule has 1 saturated carbocycles. The second kappa shape index (κ2) is 8.93. The zero-order chi connectivity index (χ0) is 16.7. The van der Waals surface area contributed by atoms with Gasteiger partial charge in [-0.2, -0.15) is 0 Å². The molecule has 0 unspecified atom stereocenters. The molecule has 1 aliphatic rings. The van der Waals surface area contributed by atoms with Gasteiger partial charge in [0.1, 0.15) is 11.6 Å². The number of rotatable bonds is 8. The Morgan fingerprint density at radius 2 is 2.09 bits per heavy atom. The zero-order valence-electron chi connectivity index (χ0n) is 13.5. The number of carbonyl (C=O) groups is 1. The lowest BCUT2D eigenvalue weighted by molar-refractivity contribution is -0.133. The van der Waals surface area contributed by atoms with Crippen LogP contribution in [0, 0.1) is 11.6 Å². The van der Waals surface area contributed by atoms with E-state index in [9.17, 15) is 13.6 Å². The van der Waals surface area contributed by atoms with Gasteiger partial charge in [0.2, 0.25) is 5.91 Å². The van der Waals surface area contributed by atoms with E-state index in [0.29, 0.717) is 13.2 Å². The van der Waals surface area contributed by atoms with Gasteiger partial charge in [-0.3, -0.25) is 4.79 Å². The van der Waals surface area contributed by atoms with Gasteiger partial charge in [-0.15, -0.1) is 0 Å². The third kappa shape index (κ3) is 5.25. The summed E-state index contributed by atoms with van der Waals surface area (Å²) in [6, 6.07) is 3.48. The quantitative estimate of drug-likeness (QED) is 0.746. The molecule has 1 N–H and O–H groups in total. The Hall–Kier alpha value is -1.53. The number of hydrogen-bond donors (Lipinski definition) is 1. The molecule has 0 heterocycles. The molecule has 0 saturated heterocycles. The van der Waals surface area contributed by atoms with Crippen LogP contribution in [0.2, 0.25) is 0 Å². The highest BCUT2D eigenvalue weighted by atomic mass is 19.1. The Labute approximate surface area is 135 Å². The molecule has 1 aromatic rings. The molecule has 0 atom stereocenters. The Kier molecular flexibility index (Phi) is 6.92. The highest BCUT2D eigenvalue weighted by Crippen LogP contribution is 2.25. The first kappa shape index (κ1) is 17.8. The maximum Gasteiger partial charge on any atom is 0.237 e. The fourth-order valence-corrected chi connectivity index (χ4v) is 2.96. The van der Waals surface area contributed by atoms with Crippen molar-refractivity contribution in [2.45, 2.75) is 38.3 Å². The van der Waals surface area contributed by atoms with Gasteiger partial charge < -0.3 is 15.0 Å². The van der Waals surface area contributed by atoms with E-state index < -0.39 is 11.6 Å². The van der Waals surface area contributed by atoms with Crippen LogP contribution in [0.1, 0.15) is 31.2 Å². The van der Waals surface area contributed by atoms with E-state index in [1.807, 2.05) is 0 Å². The SMILES string of the molecule is COCCNCC(=O)N(Cc1cc(F)ccc1F)C1CCCC1. The number of hydrogen-bond acceptors (Lipinski definition) is 3. The van der Waals surface area contributed by atoms with Crippen LogP contribution in [-0.2, 0) is 16.1 Å². The highest BCUT2D eigenvalue weighted by molar-refractivity contribution is 5.78. The number of halogens is 2. The molecule has 0 radical (unpaired) electrons. The maximum atomic E-state index is 13.9. The fraction of sp³-hybridized carbons (Fsp3) is 0.588. The predicted octanol–water partition coefficient (Wildman–Crippen LogP) is 2.47. The third-order valence-corrected chi connectivity index (χ3v) is 4.19. The molecule has 1 aliphatic carbocycles. The summed E-state index contributed by atoms with van der Waals surface area (Å²) in [6.45, 7) is 1.39. The van der Waals surface area contributed by atoms with Gasteiger partial charge >= 0.3 is 0 Å². The van der Waals surface area contributed by atoms with E-state index in [4.69, 9.17) is 4.74 Å². The van der Waals surface area contributed by atoms with Gasteiger partial charge in [0.15, 0.2) is 0 Å². The van der Waals surface area contributed by atoms with Crippen molar-refractivity contribution in [3.8, 4) is 0 Å². The van der Waals surface area contributed by atoms with Crippen molar-refractivity contribution in [2.24, 2.45) is 0 Å². The Balaban J connectivity index is 2.04. The lowest BCUT2D eigenvalue weighted by atomic mass is 10.1. The molecule has 6 heteroatoms. The molecular weight excluding hydrogens is 302 g/mol. The summed E-state index contributed by atoms with van der Waals surface area (Å²) < 4.78 is 32.2. The van der Waals surface area contributed by atoms with Crippen molar-refractivity contribution in [1.29, 1.82) is 0 Å². The molecule has 2 rings (SSSR count). The smallest absolute Gasteiger partial charge is 0.237 e. The third-order valence-electron chi connectivity index (χ3n) is 4.19. The minimum atomic E-state index is -0.488. The number of amides is 1. The molecule has 0 aliphatic heterocycles. The van der Waals surface area contributed by atoms with Gasteiger partial charge in [0, 0.05) is 31.8 Å². The molecular formula is C17H24F2N2O2. The molecule has 0 aromatic heterocycles. The highest BCUT2D eigenvalue weighted by Gasteiger charge is 2.27. The summed E-state index contributed by atoms with van der Waals surface area (Å²) in [5, 5.41) is 3.02. The van der Waals surface area contributed by atoms with Gasteiger partial charge in [-0.05, 0) is 31.0 Å². The van der Waals surface area contributed by atoms with Crippen molar-refractivity contribution in [3.05, 3.63) is 35.4 Å². The van der Waals surface area contributed by atoms with E-state index >= 15 is 0 Å². The predicted molar refractivity (Wildman–Crippen MR) is 83.9 cm³/mol. The van der Waals surface area contributed by atoms with Gasteiger partial charge in [0.25, 0.3) is 0 Å². The van der Waals surface area contributed by atoms with Crippen LogP contribution in [0.4, 0.5) is 8.78 Å². The fourth-order valence-electron chi connectivity index (χ4n) is 2.96. The van der Waals surface area contributed by atoms with Crippen LogP contribution >= 0.6 is 0 Å². The first-order valence-corrected chi connectivity index (χ1v) is 8.05. The van der Waals surface area contributed by atoms with Crippen LogP contribution in [0.5, 0.6) is 0 Å². The van der Waals surface area contributed by atoms with E-state index in [2.05, 4.69) is 5.32 Å². The second-order valence-corrected chi connectivity index (χ2v) is 5.87.